The molecule has 0 heterocycles. The van der Waals surface area contributed by atoms with E-state index in [9.17, 15) is 15.3 Å². The fourth-order valence-electron chi connectivity index (χ4n) is 10.3. The molecule has 4 saturated carbocycles. The Morgan fingerprint density at radius 1 is 0.909 bits per heavy atom. The molecule has 3 nitrogen and oxygen atoms in total. The van der Waals surface area contributed by atoms with Crippen molar-refractivity contribution in [2.24, 2.45) is 45.3 Å². The third-order valence-electron chi connectivity index (χ3n) is 12.4. The Kier molecular flexibility index (Phi) is 6.28. The predicted octanol–water partition coefficient (Wildman–Crippen LogP) is 6.50. The number of aliphatic hydroxyl groups excluding tert-OH is 2. The van der Waals surface area contributed by atoms with Crippen molar-refractivity contribution in [1.29, 1.82) is 0 Å². The molecule has 33 heavy (non-hydrogen) atoms. The van der Waals surface area contributed by atoms with Crippen LogP contribution in [0.1, 0.15) is 113 Å². The summed E-state index contributed by atoms with van der Waals surface area (Å²) in [7, 11) is 0. The van der Waals surface area contributed by atoms with Gasteiger partial charge in [-0.2, -0.15) is 0 Å². The van der Waals surface area contributed by atoms with Gasteiger partial charge in [0.25, 0.3) is 0 Å². The molecule has 4 aliphatic rings. The van der Waals surface area contributed by atoms with Gasteiger partial charge in [0.05, 0.1) is 17.8 Å². The monoisotopic (exact) mass is 460 g/mol. The zero-order valence-corrected chi connectivity index (χ0v) is 22.7. The second-order valence-electron chi connectivity index (χ2n) is 14.5. The molecular weight excluding hydrogens is 408 g/mol. The topological polar surface area (TPSA) is 60.7 Å². The summed E-state index contributed by atoms with van der Waals surface area (Å²) in [5.74, 6) is 1.31. The van der Waals surface area contributed by atoms with E-state index < -0.39 is 5.60 Å². The average molecular weight is 461 g/mol. The first kappa shape index (κ1) is 25.7. The Morgan fingerprint density at radius 3 is 2.18 bits per heavy atom. The first-order chi connectivity index (χ1) is 15.1. The van der Waals surface area contributed by atoms with Crippen molar-refractivity contribution in [3.63, 3.8) is 0 Å². The van der Waals surface area contributed by atoms with Crippen LogP contribution in [-0.4, -0.2) is 33.1 Å². The van der Waals surface area contributed by atoms with E-state index in [1.54, 1.807) is 0 Å². The van der Waals surface area contributed by atoms with Crippen molar-refractivity contribution >= 4 is 0 Å². The standard InChI is InChI=1S/C30H52O3/c1-19(2)10-9-14-30(8,33)20-11-16-29(7)25(20)21(31)18-23-27(5)15-13-24(32)26(3,4)22(27)12-17-28(23,29)6/h10,20-25,31-33H,9,11-18H2,1-8H3/t20-,21+,22?,23?,24-,25?,27-,28+,29+,30?/m0/s1. The van der Waals surface area contributed by atoms with Gasteiger partial charge in [0.1, 0.15) is 0 Å². The lowest BCUT2D eigenvalue weighted by Gasteiger charge is -2.70. The molecular formula is C30H52O3. The number of hydrogen-bond acceptors (Lipinski definition) is 3. The molecule has 0 amide bonds. The lowest BCUT2D eigenvalue weighted by atomic mass is 9.35. The van der Waals surface area contributed by atoms with Gasteiger partial charge < -0.3 is 15.3 Å². The molecule has 0 bridgehead atoms. The van der Waals surface area contributed by atoms with Gasteiger partial charge in [-0.15, -0.1) is 0 Å². The highest BCUT2D eigenvalue weighted by atomic mass is 16.3. The van der Waals surface area contributed by atoms with Gasteiger partial charge in [0.15, 0.2) is 0 Å². The Bertz CT molecular complexity index is 779. The van der Waals surface area contributed by atoms with Crippen LogP contribution < -0.4 is 0 Å². The van der Waals surface area contributed by atoms with Crippen molar-refractivity contribution < 1.29 is 15.3 Å². The minimum atomic E-state index is -0.739. The summed E-state index contributed by atoms with van der Waals surface area (Å²) in [6.07, 6.45) is 10.6. The van der Waals surface area contributed by atoms with Gasteiger partial charge in [-0.25, -0.2) is 0 Å². The van der Waals surface area contributed by atoms with Crippen LogP contribution in [0, 0.1) is 45.3 Å². The smallest absolute Gasteiger partial charge is 0.0654 e. The Labute approximate surface area is 203 Å². The molecule has 0 spiro atoms. The molecule has 4 fully saturated rings. The summed E-state index contributed by atoms with van der Waals surface area (Å²) < 4.78 is 0. The minimum absolute atomic E-state index is 0.0503. The molecule has 3 heteroatoms. The minimum Gasteiger partial charge on any atom is -0.393 e. The summed E-state index contributed by atoms with van der Waals surface area (Å²) in [4.78, 5) is 0. The zero-order valence-electron chi connectivity index (χ0n) is 22.7. The molecule has 0 aromatic rings. The highest BCUT2D eigenvalue weighted by Gasteiger charge is 2.71. The Hall–Kier alpha value is -0.380. The van der Waals surface area contributed by atoms with Gasteiger partial charge in [0.2, 0.25) is 0 Å². The summed E-state index contributed by atoms with van der Waals surface area (Å²) in [6, 6.07) is 0. The van der Waals surface area contributed by atoms with Gasteiger partial charge >= 0.3 is 0 Å². The van der Waals surface area contributed by atoms with Crippen molar-refractivity contribution in [3.05, 3.63) is 11.6 Å². The normalized spacial score (nSPS) is 50.5. The second kappa shape index (κ2) is 8.07. The summed E-state index contributed by atoms with van der Waals surface area (Å²) >= 11 is 0. The third-order valence-corrected chi connectivity index (χ3v) is 12.4. The molecule has 10 atom stereocenters. The fourth-order valence-corrected chi connectivity index (χ4v) is 10.3. The quantitative estimate of drug-likeness (QED) is 0.420. The number of aliphatic hydroxyl groups is 3. The first-order valence-corrected chi connectivity index (χ1v) is 13.8. The van der Waals surface area contributed by atoms with E-state index >= 15 is 0 Å². The largest absolute Gasteiger partial charge is 0.393 e. The van der Waals surface area contributed by atoms with Gasteiger partial charge in [0, 0.05) is 0 Å². The lowest BCUT2D eigenvalue weighted by Crippen LogP contribution is -2.66. The van der Waals surface area contributed by atoms with Crippen LogP contribution in [0.3, 0.4) is 0 Å². The van der Waals surface area contributed by atoms with Crippen molar-refractivity contribution in [1.82, 2.24) is 0 Å². The van der Waals surface area contributed by atoms with Crippen LogP contribution in [0.2, 0.25) is 0 Å². The van der Waals surface area contributed by atoms with E-state index in [0.29, 0.717) is 11.8 Å². The Morgan fingerprint density at radius 2 is 1.55 bits per heavy atom. The van der Waals surface area contributed by atoms with Crippen LogP contribution in [0.15, 0.2) is 11.6 Å². The number of fused-ring (bicyclic) bond motifs is 5. The summed E-state index contributed by atoms with van der Waals surface area (Å²) in [5.41, 5.74) is 0.885. The van der Waals surface area contributed by atoms with E-state index in [1.165, 1.54) is 18.4 Å². The molecule has 4 rings (SSSR count). The van der Waals surface area contributed by atoms with Crippen molar-refractivity contribution in [3.8, 4) is 0 Å². The molecule has 0 radical (unpaired) electrons. The number of allylic oxidation sites excluding steroid dienone is 2. The number of rotatable bonds is 4. The van der Waals surface area contributed by atoms with E-state index in [2.05, 4.69) is 54.5 Å². The van der Waals surface area contributed by atoms with Gasteiger partial charge in [-0.3, -0.25) is 0 Å². The SMILES string of the molecule is CC(C)=CCCC(C)(O)[C@H]1CC[C@]2(C)C1[C@H](O)CC1[C@@]3(C)CC[C@H](O)C(C)(C)C3CC[C@]12C. The fraction of sp³-hybridized carbons (Fsp3) is 0.933. The summed E-state index contributed by atoms with van der Waals surface area (Å²) in [6.45, 7) is 18.3. The molecule has 0 saturated heterocycles. The lowest BCUT2D eigenvalue weighted by molar-refractivity contribution is -0.246. The highest BCUT2D eigenvalue weighted by molar-refractivity contribution is 5.20. The van der Waals surface area contributed by atoms with Gasteiger partial charge in [-0.05, 0) is 124 Å². The third kappa shape index (κ3) is 3.61. The van der Waals surface area contributed by atoms with E-state index in [1.807, 2.05) is 6.92 Å². The molecule has 0 aromatic carbocycles. The molecule has 0 aliphatic heterocycles. The molecule has 3 N–H and O–H groups in total. The highest BCUT2D eigenvalue weighted by Crippen LogP contribution is 2.75. The maximum atomic E-state index is 11.8. The van der Waals surface area contributed by atoms with Gasteiger partial charge in [-0.1, -0.05) is 46.3 Å². The number of hydrogen-bond donors (Lipinski definition) is 3. The maximum absolute atomic E-state index is 11.8. The van der Waals surface area contributed by atoms with Crippen LogP contribution >= 0.6 is 0 Å². The van der Waals surface area contributed by atoms with E-state index in [4.69, 9.17) is 0 Å². The molecule has 0 aromatic heterocycles. The molecule has 4 aliphatic carbocycles. The van der Waals surface area contributed by atoms with E-state index in [-0.39, 0.29) is 45.7 Å². The van der Waals surface area contributed by atoms with Crippen molar-refractivity contribution in [2.75, 3.05) is 0 Å². The van der Waals surface area contributed by atoms with Crippen LogP contribution in [-0.2, 0) is 0 Å². The zero-order chi connectivity index (χ0) is 24.6. The van der Waals surface area contributed by atoms with Crippen LogP contribution in [0.5, 0.6) is 0 Å². The molecule has 190 valence electrons. The van der Waals surface area contributed by atoms with Crippen LogP contribution in [0.4, 0.5) is 0 Å². The first-order valence-electron chi connectivity index (χ1n) is 13.8. The molecule has 4 unspecified atom stereocenters. The second-order valence-corrected chi connectivity index (χ2v) is 14.5. The van der Waals surface area contributed by atoms with Crippen molar-refractivity contribution in [2.45, 2.75) is 131 Å². The van der Waals surface area contributed by atoms with E-state index in [0.717, 1.165) is 44.9 Å². The van der Waals surface area contributed by atoms with Crippen LogP contribution in [0.25, 0.3) is 0 Å². The summed E-state index contributed by atoms with van der Waals surface area (Å²) in [5, 5.41) is 34.3. The maximum Gasteiger partial charge on any atom is 0.0654 e. The Balaban J connectivity index is 1.66. The predicted molar refractivity (Wildman–Crippen MR) is 136 cm³/mol. The average Bonchev–Trinajstić information content (AvgIpc) is 3.08.